The maximum atomic E-state index is 12.6. The monoisotopic (exact) mass is 357 g/mol. The summed E-state index contributed by atoms with van der Waals surface area (Å²) in [5.74, 6) is 2.38. The Balaban J connectivity index is 1.47. The summed E-state index contributed by atoms with van der Waals surface area (Å²) in [5.41, 5.74) is 3.23. The van der Waals surface area contributed by atoms with Crippen LogP contribution in [-0.4, -0.2) is 48.6 Å². The largest absolute Gasteiger partial charge is 0.325 e. The van der Waals surface area contributed by atoms with Crippen molar-refractivity contribution in [2.45, 2.75) is 47.0 Å². The summed E-state index contributed by atoms with van der Waals surface area (Å²) in [7, 11) is 0. The summed E-state index contributed by atoms with van der Waals surface area (Å²) in [6.45, 7) is 14.3. The molecule has 1 N–H and O–H groups in total. The lowest BCUT2D eigenvalue weighted by molar-refractivity contribution is 0.101. The number of benzene rings is 1. The quantitative estimate of drug-likeness (QED) is 0.863. The molecule has 0 saturated carbocycles. The van der Waals surface area contributed by atoms with Crippen molar-refractivity contribution in [3.05, 3.63) is 29.3 Å². The van der Waals surface area contributed by atoms with E-state index in [1.54, 1.807) is 0 Å². The van der Waals surface area contributed by atoms with E-state index >= 15 is 0 Å². The lowest BCUT2D eigenvalue weighted by Crippen LogP contribution is -2.46. The third-order valence-corrected chi connectivity index (χ3v) is 6.00. The van der Waals surface area contributed by atoms with Gasteiger partial charge in [0.05, 0.1) is 0 Å². The zero-order valence-electron chi connectivity index (χ0n) is 16.9. The number of urea groups is 1. The van der Waals surface area contributed by atoms with Gasteiger partial charge in [-0.15, -0.1) is 0 Å². The molecule has 2 amide bonds. The molecule has 2 heterocycles. The Morgan fingerprint density at radius 1 is 1.12 bits per heavy atom. The second-order valence-corrected chi connectivity index (χ2v) is 8.84. The Labute approximate surface area is 158 Å². The van der Waals surface area contributed by atoms with Crippen LogP contribution in [-0.2, 0) is 0 Å². The maximum Gasteiger partial charge on any atom is 0.321 e. The van der Waals surface area contributed by atoms with Crippen molar-refractivity contribution < 1.29 is 4.79 Å². The van der Waals surface area contributed by atoms with Crippen molar-refractivity contribution in [2.24, 2.45) is 17.8 Å². The van der Waals surface area contributed by atoms with Crippen molar-refractivity contribution in [2.75, 3.05) is 38.0 Å². The van der Waals surface area contributed by atoms with E-state index in [1.807, 2.05) is 11.8 Å². The van der Waals surface area contributed by atoms with Gasteiger partial charge < -0.3 is 15.1 Å². The van der Waals surface area contributed by atoms with Crippen molar-refractivity contribution in [3.63, 3.8) is 0 Å². The van der Waals surface area contributed by atoms with Crippen LogP contribution in [0.2, 0.25) is 0 Å². The van der Waals surface area contributed by atoms with Crippen LogP contribution in [0.25, 0.3) is 0 Å². The summed E-state index contributed by atoms with van der Waals surface area (Å²) in [5, 5.41) is 3.11. The topological polar surface area (TPSA) is 35.6 Å². The second kappa shape index (κ2) is 8.43. The molecule has 0 aromatic heterocycles. The lowest BCUT2D eigenvalue weighted by Gasteiger charge is -2.39. The number of anilines is 1. The number of carbonyl (C=O) groups is 1. The highest BCUT2D eigenvalue weighted by Gasteiger charge is 2.27. The molecular weight excluding hydrogens is 322 g/mol. The normalized spacial score (nSPS) is 25.3. The second-order valence-electron chi connectivity index (χ2n) is 8.84. The molecule has 1 aromatic rings. The molecular formula is C22H35N3O. The number of hydrogen-bond donors (Lipinski definition) is 1. The first-order valence-corrected chi connectivity index (χ1v) is 10.3. The number of likely N-dealkylation sites (tertiary alicyclic amines) is 2. The van der Waals surface area contributed by atoms with Gasteiger partial charge in [-0.05, 0) is 68.1 Å². The van der Waals surface area contributed by atoms with Crippen LogP contribution in [0.4, 0.5) is 10.5 Å². The van der Waals surface area contributed by atoms with Crippen molar-refractivity contribution >= 4 is 11.7 Å². The van der Waals surface area contributed by atoms with Gasteiger partial charge >= 0.3 is 6.03 Å². The molecule has 0 unspecified atom stereocenters. The molecule has 2 aliphatic rings. The number of aryl methyl sites for hydroxylation is 2. The molecule has 2 atom stereocenters. The predicted octanol–water partition coefficient (Wildman–Crippen LogP) is 4.53. The Morgan fingerprint density at radius 3 is 2.42 bits per heavy atom. The average Bonchev–Trinajstić information content (AvgIpc) is 2.58. The summed E-state index contributed by atoms with van der Waals surface area (Å²) >= 11 is 0. The van der Waals surface area contributed by atoms with E-state index in [4.69, 9.17) is 0 Å². The SMILES string of the molecule is Cc1ccc(C)c(NC(=O)N2CCC(CN3C[C@H](C)C[C@@H](C)C3)CC2)c1. The van der Waals surface area contributed by atoms with Gasteiger partial charge in [0.25, 0.3) is 0 Å². The van der Waals surface area contributed by atoms with Gasteiger partial charge in [0.2, 0.25) is 0 Å². The number of hydrogen-bond acceptors (Lipinski definition) is 2. The fourth-order valence-electron chi connectivity index (χ4n) is 4.69. The van der Waals surface area contributed by atoms with Crippen molar-refractivity contribution in [1.82, 2.24) is 9.80 Å². The third kappa shape index (κ3) is 5.00. The number of nitrogens with one attached hydrogen (secondary N) is 1. The van der Waals surface area contributed by atoms with Crippen LogP contribution in [0.1, 0.15) is 44.2 Å². The van der Waals surface area contributed by atoms with Crippen LogP contribution >= 0.6 is 0 Å². The predicted molar refractivity (Wildman–Crippen MR) is 109 cm³/mol. The van der Waals surface area contributed by atoms with Crippen molar-refractivity contribution in [1.29, 1.82) is 0 Å². The summed E-state index contributed by atoms with van der Waals surface area (Å²) in [6.07, 6.45) is 3.62. The van der Waals surface area contributed by atoms with Crippen LogP contribution in [0, 0.1) is 31.6 Å². The fraction of sp³-hybridized carbons (Fsp3) is 0.682. The first-order valence-electron chi connectivity index (χ1n) is 10.3. The van der Waals surface area contributed by atoms with E-state index < -0.39 is 0 Å². The highest BCUT2D eigenvalue weighted by atomic mass is 16.2. The molecule has 2 saturated heterocycles. The number of rotatable bonds is 3. The maximum absolute atomic E-state index is 12.6. The van der Waals surface area contributed by atoms with E-state index in [1.165, 1.54) is 31.6 Å². The third-order valence-electron chi connectivity index (χ3n) is 6.00. The van der Waals surface area contributed by atoms with Gasteiger partial charge in [0.1, 0.15) is 0 Å². The zero-order chi connectivity index (χ0) is 18.7. The highest BCUT2D eigenvalue weighted by molar-refractivity contribution is 5.90. The summed E-state index contributed by atoms with van der Waals surface area (Å²) in [6, 6.07) is 6.26. The molecule has 2 aliphatic heterocycles. The van der Waals surface area contributed by atoms with Gasteiger partial charge in [-0.1, -0.05) is 26.0 Å². The molecule has 144 valence electrons. The number of nitrogens with zero attached hydrogens (tertiary/aromatic N) is 2. The Kier molecular flexibility index (Phi) is 6.23. The molecule has 0 radical (unpaired) electrons. The fourth-order valence-corrected chi connectivity index (χ4v) is 4.69. The Bertz CT molecular complexity index is 612. The number of amides is 2. The van der Waals surface area contributed by atoms with Gasteiger partial charge in [-0.2, -0.15) is 0 Å². The smallest absolute Gasteiger partial charge is 0.321 e. The van der Waals surface area contributed by atoms with E-state index in [2.05, 4.69) is 49.2 Å². The lowest BCUT2D eigenvalue weighted by atomic mass is 9.89. The standard InChI is InChI=1S/C22H35N3O/c1-16-5-6-19(4)21(12-16)23-22(26)25-9-7-20(8-10-25)15-24-13-17(2)11-18(3)14-24/h5-6,12,17-18,20H,7-11,13-15H2,1-4H3,(H,23,26)/t17-,18-/m1/s1. The number of piperidine rings is 2. The molecule has 0 bridgehead atoms. The van der Waals surface area contributed by atoms with Gasteiger partial charge in [0.15, 0.2) is 0 Å². The number of carbonyl (C=O) groups excluding carboxylic acids is 1. The minimum absolute atomic E-state index is 0.0531. The molecule has 4 heteroatoms. The van der Waals surface area contributed by atoms with E-state index in [0.29, 0.717) is 0 Å². The van der Waals surface area contributed by atoms with Crippen LogP contribution in [0.3, 0.4) is 0 Å². The molecule has 2 fully saturated rings. The van der Waals surface area contributed by atoms with Crippen LogP contribution < -0.4 is 5.32 Å². The van der Waals surface area contributed by atoms with Gasteiger partial charge in [0, 0.05) is 38.4 Å². The van der Waals surface area contributed by atoms with E-state index in [0.717, 1.165) is 54.9 Å². The Hall–Kier alpha value is -1.55. The summed E-state index contributed by atoms with van der Waals surface area (Å²) < 4.78 is 0. The Morgan fingerprint density at radius 2 is 1.77 bits per heavy atom. The minimum Gasteiger partial charge on any atom is -0.325 e. The van der Waals surface area contributed by atoms with E-state index in [9.17, 15) is 4.79 Å². The molecule has 1 aromatic carbocycles. The summed E-state index contributed by atoms with van der Waals surface area (Å²) in [4.78, 5) is 17.3. The zero-order valence-corrected chi connectivity index (χ0v) is 16.9. The molecule has 3 rings (SSSR count). The minimum atomic E-state index is 0.0531. The molecule has 0 spiro atoms. The molecule has 26 heavy (non-hydrogen) atoms. The molecule has 0 aliphatic carbocycles. The molecule has 4 nitrogen and oxygen atoms in total. The average molecular weight is 358 g/mol. The van der Waals surface area contributed by atoms with Crippen molar-refractivity contribution in [3.8, 4) is 0 Å². The first-order chi connectivity index (χ1) is 12.4. The van der Waals surface area contributed by atoms with Crippen LogP contribution in [0.15, 0.2) is 18.2 Å². The van der Waals surface area contributed by atoms with Gasteiger partial charge in [-0.25, -0.2) is 4.79 Å². The first kappa shape index (κ1) is 19.2. The van der Waals surface area contributed by atoms with E-state index in [-0.39, 0.29) is 6.03 Å². The van der Waals surface area contributed by atoms with Gasteiger partial charge in [-0.3, -0.25) is 0 Å². The highest BCUT2D eigenvalue weighted by Crippen LogP contribution is 2.25. The van der Waals surface area contributed by atoms with Crippen LogP contribution in [0.5, 0.6) is 0 Å².